The maximum absolute atomic E-state index is 14.3. The largest absolute Gasteiger partial charge is 0.465 e. The molecule has 2 aromatic rings. The van der Waals surface area contributed by atoms with E-state index in [4.69, 9.17) is 19.4 Å². The van der Waals surface area contributed by atoms with Gasteiger partial charge in [0.1, 0.15) is 18.6 Å². The minimum atomic E-state index is -0.957. The number of likely N-dealkylation sites (N-methyl/N-ethyl adjacent to an activating group) is 1. The lowest BCUT2D eigenvalue weighted by Crippen LogP contribution is -2.66. The highest BCUT2D eigenvalue weighted by atomic mass is 79.9. The molecule has 1 aromatic heterocycles. The van der Waals surface area contributed by atoms with Gasteiger partial charge in [-0.1, -0.05) is 36.7 Å². The monoisotopic (exact) mass is 607 g/mol. The van der Waals surface area contributed by atoms with E-state index in [1.807, 2.05) is 25.2 Å². The Morgan fingerprint density at radius 3 is 2.74 bits per heavy atom. The number of hydrogen-bond donors (Lipinski definition) is 1. The summed E-state index contributed by atoms with van der Waals surface area (Å²) in [4.78, 5) is 27.9. The number of fused-ring (bicyclic) bond motifs is 2. The molecule has 4 atom stereocenters. The molecule has 0 saturated carbocycles. The quantitative estimate of drug-likeness (QED) is 0.472. The zero-order valence-electron chi connectivity index (χ0n) is 23.4. The number of benzene rings is 1. The fourth-order valence-corrected chi connectivity index (χ4v) is 7.71. The Hall–Kier alpha value is -2.24. The zero-order chi connectivity index (χ0) is 28.2. The van der Waals surface area contributed by atoms with Gasteiger partial charge < -0.3 is 19.5 Å². The van der Waals surface area contributed by atoms with Crippen LogP contribution in [0.3, 0.4) is 0 Å². The average Bonchev–Trinajstić information content (AvgIpc) is 3.52. The van der Waals surface area contributed by atoms with Gasteiger partial charge >= 0.3 is 12.1 Å². The van der Waals surface area contributed by atoms with Crippen molar-refractivity contribution in [1.82, 2.24) is 19.8 Å². The number of alkyl halides is 1. The van der Waals surface area contributed by atoms with Crippen molar-refractivity contribution >= 4 is 38.7 Å². The molecule has 1 aromatic carbocycles. The van der Waals surface area contributed by atoms with E-state index in [1.54, 1.807) is 7.11 Å². The number of aromatic nitrogens is 2. The Bertz CT molecular complexity index is 1240. The fraction of sp³-hybridized carbons (Fsp3) is 0.679. The van der Waals surface area contributed by atoms with Crippen molar-refractivity contribution in [2.45, 2.75) is 69.7 Å². The fourth-order valence-electron chi connectivity index (χ4n) is 7.36. The summed E-state index contributed by atoms with van der Waals surface area (Å²) in [7, 11) is 3.57. The van der Waals surface area contributed by atoms with Crippen molar-refractivity contribution in [2.75, 3.05) is 51.9 Å². The molecule has 3 aliphatic rings. The van der Waals surface area contributed by atoms with E-state index in [1.165, 1.54) is 4.90 Å². The van der Waals surface area contributed by atoms with Crippen LogP contribution in [0.1, 0.15) is 46.5 Å². The summed E-state index contributed by atoms with van der Waals surface area (Å²) >= 11 is 3.56. The number of methoxy groups -OCH3 is 1. The van der Waals surface area contributed by atoms with Crippen LogP contribution < -0.4 is 9.64 Å². The van der Waals surface area contributed by atoms with Gasteiger partial charge in [-0.05, 0) is 49.4 Å². The Kier molecular flexibility index (Phi) is 7.47. The van der Waals surface area contributed by atoms with Gasteiger partial charge in [-0.25, -0.2) is 9.18 Å². The number of amides is 1. The number of likely N-dealkylation sites (tertiary alicyclic amines) is 1. The Balaban J connectivity index is 1.55. The van der Waals surface area contributed by atoms with E-state index in [2.05, 4.69) is 46.5 Å². The lowest BCUT2D eigenvalue weighted by Gasteiger charge is -2.52. The first-order valence-electron chi connectivity index (χ1n) is 13.6. The first kappa shape index (κ1) is 28.3. The molecule has 4 heterocycles. The average molecular weight is 609 g/mol. The molecule has 3 fully saturated rings. The van der Waals surface area contributed by atoms with Crippen LogP contribution >= 0.6 is 15.9 Å². The third kappa shape index (κ3) is 4.74. The number of halogens is 2. The Morgan fingerprint density at radius 2 is 2.05 bits per heavy atom. The Labute approximate surface area is 237 Å². The molecule has 0 bridgehead atoms. The van der Waals surface area contributed by atoms with Crippen LogP contribution in [0, 0.1) is 5.41 Å². The molecule has 1 N–H and O–H groups in total. The van der Waals surface area contributed by atoms with Gasteiger partial charge in [0.25, 0.3) is 0 Å². The summed E-state index contributed by atoms with van der Waals surface area (Å²) in [6, 6.07) is 5.87. The first-order chi connectivity index (χ1) is 18.4. The van der Waals surface area contributed by atoms with Crippen molar-refractivity contribution in [3.8, 4) is 6.01 Å². The predicted octanol–water partition coefficient (Wildman–Crippen LogP) is 4.97. The minimum absolute atomic E-state index is 0.214. The third-order valence-corrected chi connectivity index (χ3v) is 9.70. The number of carboxylic acid groups (broad SMARTS) is 1. The van der Waals surface area contributed by atoms with Crippen molar-refractivity contribution in [2.24, 2.45) is 5.41 Å². The van der Waals surface area contributed by atoms with E-state index in [-0.39, 0.29) is 24.2 Å². The summed E-state index contributed by atoms with van der Waals surface area (Å²) in [5.74, 6) is 0.667. The number of ether oxygens (including phenoxy) is 2. The van der Waals surface area contributed by atoms with Gasteiger partial charge in [0, 0.05) is 43.5 Å². The lowest BCUT2D eigenvalue weighted by molar-refractivity contribution is -0.0346. The number of rotatable bonds is 7. The van der Waals surface area contributed by atoms with E-state index in [0.717, 1.165) is 29.2 Å². The van der Waals surface area contributed by atoms with Gasteiger partial charge in [-0.2, -0.15) is 9.97 Å². The summed E-state index contributed by atoms with van der Waals surface area (Å²) in [6.07, 6.45) is 1.23. The second-order valence-corrected chi connectivity index (χ2v) is 13.2. The van der Waals surface area contributed by atoms with Crippen molar-refractivity contribution in [3.05, 3.63) is 22.7 Å². The third-order valence-electron chi connectivity index (χ3n) is 9.20. The first-order valence-corrected chi connectivity index (χ1v) is 14.4. The van der Waals surface area contributed by atoms with Crippen LogP contribution in [0.15, 0.2) is 22.7 Å². The minimum Gasteiger partial charge on any atom is -0.465 e. The van der Waals surface area contributed by atoms with Crippen molar-refractivity contribution < 1.29 is 23.8 Å². The van der Waals surface area contributed by atoms with Crippen LogP contribution in [-0.2, 0) is 4.74 Å². The van der Waals surface area contributed by atoms with Crippen LogP contribution in [0.2, 0.25) is 0 Å². The molecule has 11 heteroatoms. The number of nitrogens with zero attached hydrogens (tertiary/aromatic N) is 5. The predicted molar refractivity (Wildman–Crippen MR) is 151 cm³/mol. The van der Waals surface area contributed by atoms with Crippen LogP contribution in [0.25, 0.3) is 10.9 Å². The highest BCUT2D eigenvalue weighted by Gasteiger charge is 2.59. The summed E-state index contributed by atoms with van der Waals surface area (Å²) in [5.41, 5.74) is -0.848. The highest BCUT2D eigenvalue weighted by molar-refractivity contribution is 9.10. The maximum atomic E-state index is 14.3. The van der Waals surface area contributed by atoms with E-state index in [9.17, 15) is 14.3 Å². The maximum Gasteiger partial charge on any atom is 0.407 e. The van der Waals surface area contributed by atoms with Crippen LogP contribution in [-0.4, -0.2) is 101 Å². The second-order valence-electron chi connectivity index (χ2n) is 12.3. The molecule has 214 valence electrons. The van der Waals surface area contributed by atoms with Gasteiger partial charge in [0.2, 0.25) is 0 Å². The molecule has 3 saturated heterocycles. The van der Waals surface area contributed by atoms with Gasteiger partial charge in [0.15, 0.2) is 0 Å². The van der Waals surface area contributed by atoms with Gasteiger partial charge in [-0.3, -0.25) is 9.80 Å². The standard InChI is InChI=1S/C28H39BrFN5O4/c1-26(2,3)28(17-38-5)22(9-12-35(28)25(36)37)33(4)23-20-8-7-18(29)13-21(20)31-24(32-23)39-16-27-10-6-11-34(27)15-19(30)14-27/h7-8,13,19,22H,6,9-12,14-17H2,1-5H3,(H,36,37)/t19-,22?,27+,28?/m1/s1. The molecule has 0 aliphatic carbocycles. The molecule has 3 aliphatic heterocycles. The number of anilines is 1. The lowest BCUT2D eigenvalue weighted by atomic mass is 9.69. The molecule has 39 heavy (non-hydrogen) atoms. The van der Waals surface area contributed by atoms with Crippen LogP contribution in [0.4, 0.5) is 15.0 Å². The van der Waals surface area contributed by atoms with E-state index < -0.39 is 23.2 Å². The normalized spacial score (nSPS) is 29.3. The number of carbonyl (C=O) groups is 1. The molecule has 5 rings (SSSR count). The SMILES string of the molecule is COCC1(C(C)(C)C)C(N(C)c2nc(OC[C@@]34CCCN3C[C@H](F)C4)nc3cc(Br)ccc23)CCN1C(=O)O. The molecule has 0 spiro atoms. The van der Waals surface area contributed by atoms with Gasteiger partial charge in [-0.15, -0.1) is 0 Å². The van der Waals surface area contributed by atoms with Gasteiger partial charge in [0.05, 0.1) is 29.2 Å². The molecule has 2 unspecified atom stereocenters. The molecule has 0 radical (unpaired) electrons. The molecule has 1 amide bonds. The van der Waals surface area contributed by atoms with Crippen molar-refractivity contribution in [3.63, 3.8) is 0 Å². The Morgan fingerprint density at radius 1 is 1.28 bits per heavy atom. The second kappa shape index (κ2) is 10.3. The molecular formula is C28H39BrFN5O4. The summed E-state index contributed by atoms with van der Waals surface area (Å²) in [5, 5.41) is 11.0. The summed E-state index contributed by atoms with van der Waals surface area (Å²) < 4.78 is 27.2. The zero-order valence-corrected chi connectivity index (χ0v) is 25.0. The molecule has 9 nitrogen and oxygen atoms in total. The smallest absolute Gasteiger partial charge is 0.407 e. The van der Waals surface area contributed by atoms with Crippen LogP contribution in [0.5, 0.6) is 6.01 Å². The van der Waals surface area contributed by atoms with E-state index >= 15 is 0 Å². The highest BCUT2D eigenvalue weighted by Crippen LogP contribution is 2.47. The van der Waals surface area contributed by atoms with E-state index in [0.29, 0.717) is 43.9 Å². The topological polar surface area (TPSA) is 91.3 Å². The molecular weight excluding hydrogens is 569 g/mol. The number of hydrogen-bond acceptors (Lipinski definition) is 7. The summed E-state index contributed by atoms with van der Waals surface area (Å²) in [6.45, 7) is 8.50. The van der Waals surface area contributed by atoms with Crippen molar-refractivity contribution in [1.29, 1.82) is 0 Å².